The monoisotopic (exact) mass is 510 g/mol. The zero-order valence-corrected chi connectivity index (χ0v) is 20.6. The first-order valence-electron chi connectivity index (χ1n) is 11.1. The van der Waals surface area contributed by atoms with E-state index in [0.29, 0.717) is 29.2 Å². The van der Waals surface area contributed by atoms with Gasteiger partial charge in [-0.2, -0.15) is 0 Å². The number of benzene rings is 2. The van der Waals surface area contributed by atoms with Gasteiger partial charge < -0.3 is 14.6 Å². The molecule has 1 amide bonds. The summed E-state index contributed by atoms with van der Waals surface area (Å²) in [6, 6.07) is 10.6. The SMILES string of the molecule is CCCOc1ccc(C(O)=C2C(=O)C(=O)N(c3nc(C)c(C(=O)OC)s3)[C@@H]2c2ccc(F)cc2)cc1. The first-order valence-corrected chi connectivity index (χ1v) is 11.9. The number of thiazole rings is 1. The molecule has 1 atom stereocenters. The summed E-state index contributed by atoms with van der Waals surface area (Å²) in [6.45, 7) is 4.09. The van der Waals surface area contributed by atoms with Crippen molar-refractivity contribution >= 4 is 39.9 Å². The molecule has 1 aliphatic rings. The number of ketones is 1. The molecule has 1 N–H and O–H groups in total. The van der Waals surface area contributed by atoms with Crippen molar-refractivity contribution in [3.63, 3.8) is 0 Å². The van der Waals surface area contributed by atoms with Gasteiger partial charge in [0, 0.05) is 5.56 Å². The second-order valence-corrected chi connectivity index (χ2v) is 8.97. The number of carbonyl (C=O) groups is 3. The lowest BCUT2D eigenvalue weighted by Crippen LogP contribution is -2.29. The van der Waals surface area contributed by atoms with Crippen LogP contribution in [-0.2, 0) is 14.3 Å². The lowest BCUT2D eigenvalue weighted by Gasteiger charge is -2.23. The lowest BCUT2D eigenvalue weighted by atomic mass is 9.95. The van der Waals surface area contributed by atoms with Crippen molar-refractivity contribution < 1.29 is 33.4 Å². The van der Waals surface area contributed by atoms with Crippen LogP contribution in [0.1, 0.15) is 45.9 Å². The molecule has 3 aromatic rings. The molecule has 0 unspecified atom stereocenters. The van der Waals surface area contributed by atoms with Gasteiger partial charge >= 0.3 is 11.9 Å². The molecule has 2 aromatic carbocycles. The fraction of sp³-hybridized carbons (Fsp3) is 0.231. The molecule has 0 bridgehead atoms. The standard InChI is InChI=1S/C26H23FN2O6S/c1-4-13-35-18-11-7-16(8-12-18)21(30)19-20(15-5-9-17(27)10-6-15)29(24(32)22(19)31)26-28-14(2)23(36-26)25(33)34-3/h5-12,20,30H,4,13H2,1-3H3/t20-/m1/s1. The number of hydrogen-bond acceptors (Lipinski definition) is 8. The van der Waals surface area contributed by atoms with Gasteiger partial charge in [-0.3, -0.25) is 14.5 Å². The van der Waals surface area contributed by atoms with Gasteiger partial charge in [0.2, 0.25) is 0 Å². The van der Waals surface area contributed by atoms with Crippen LogP contribution in [0.3, 0.4) is 0 Å². The van der Waals surface area contributed by atoms with Crippen molar-refractivity contribution in [3.05, 3.63) is 81.6 Å². The molecule has 8 nitrogen and oxygen atoms in total. The van der Waals surface area contributed by atoms with Crippen LogP contribution in [0.5, 0.6) is 5.75 Å². The average molecular weight is 511 g/mol. The molecule has 1 fully saturated rings. The molecule has 4 rings (SSSR count). The van der Waals surface area contributed by atoms with E-state index >= 15 is 0 Å². The number of rotatable bonds is 7. The van der Waals surface area contributed by atoms with Gasteiger partial charge in [-0.15, -0.1) is 0 Å². The molecule has 186 valence electrons. The maximum Gasteiger partial charge on any atom is 0.350 e. The van der Waals surface area contributed by atoms with E-state index in [1.807, 2.05) is 6.92 Å². The van der Waals surface area contributed by atoms with Gasteiger partial charge in [-0.1, -0.05) is 30.4 Å². The van der Waals surface area contributed by atoms with E-state index in [9.17, 15) is 23.9 Å². The highest BCUT2D eigenvalue weighted by Crippen LogP contribution is 2.44. The smallest absolute Gasteiger partial charge is 0.350 e. The van der Waals surface area contributed by atoms with Crippen molar-refractivity contribution in [2.24, 2.45) is 0 Å². The molecule has 0 radical (unpaired) electrons. The fourth-order valence-electron chi connectivity index (χ4n) is 3.84. The quantitative estimate of drug-likeness (QED) is 0.211. The second kappa shape index (κ2) is 10.3. The number of nitrogens with zero attached hydrogens (tertiary/aromatic N) is 2. The van der Waals surface area contributed by atoms with Crippen LogP contribution in [0.15, 0.2) is 54.1 Å². The van der Waals surface area contributed by atoms with E-state index in [0.717, 1.165) is 22.7 Å². The predicted molar refractivity (Wildman–Crippen MR) is 132 cm³/mol. The number of ether oxygens (including phenoxy) is 2. The molecular weight excluding hydrogens is 487 g/mol. The Morgan fingerprint density at radius 3 is 2.42 bits per heavy atom. The van der Waals surface area contributed by atoms with Crippen LogP contribution < -0.4 is 9.64 Å². The van der Waals surface area contributed by atoms with E-state index in [2.05, 4.69) is 4.98 Å². The maximum absolute atomic E-state index is 13.7. The highest BCUT2D eigenvalue weighted by Gasteiger charge is 2.48. The van der Waals surface area contributed by atoms with Crippen LogP contribution in [-0.4, -0.2) is 41.5 Å². The zero-order valence-electron chi connectivity index (χ0n) is 19.8. The number of halogens is 1. The summed E-state index contributed by atoms with van der Waals surface area (Å²) in [6.07, 6.45) is 0.830. The van der Waals surface area contributed by atoms with Gasteiger partial charge in [0.25, 0.3) is 5.78 Å². The van der Waals surface area contributed by atoms with Crippen LogP contribution in [0.25, 0.3) is 5.76 Å². The Labute approximate surface area is 210 Å². The van der Waals surface area contributed by atoms with Crippen LogP contribution >= 0.6 is 11.3 Å². The third-order valence-electron chi connectivity index (χ3n) is 5.59. The number of hydrogen-bond donors (Lipinski definition) is 1. The molecular formula is C26H23FN2O6S. The Balaban J connectivity index is 1.85. The minimum absolute atomic E-state index is 0.0756. The minimum atomic E-state index is -1.10. The van der Waals surface area contributed by atoms with Crippen LogP contribution in [0.4, 0.5) is 9.52 Å². The summed E-state index contributed by atoms with van der Waals surface area (Å²) in [5.74, 6) is -2.79. The normalized spacial score (nSPS) is 16.9. The first kappa shape index (κ1) is 25.1. The number of methoxy groups -OCH3 is 1. The highest BCUT2D eigenvalue weighted by atomic mass is 32.1. The van der Waals surface area contributed by atoms with Gasteiger partial charge in [-0.25, -0.2) is 14.2 Å². The van der Waals surface area contributed by atoms with Crippen molar-refractivity contribution in [3.8, 4) is 5.75 Å². The molecule has 0 spiro atoms. The summed E-state index contributed by atoms with van der Waals surface area (Å²) in [7, 11) is 1.23. The number of amides is 1. The average Bonchev–Trinajstić information content (AvgIpc) is 3.39. The number of anilines is 1. The molecule has 1 saturated heterocycles. The summed E-state index contributed by atoms with van der Waals surface area (Å²) in [5, 5.41) is 11.3. The van der Waals surface area contributed by atoms with Crippen molar-refractivity contribution in [1.82, 2.24) is 4.98 Å². The molecule has 2 heterocycles. The Morgan fingerprint density at radius 2 is 1.81 bits per heavy atom. The minimum Gasteiger partial charge on any atom is -0.507 e. The highest BCUT2D eigenvalue weighted by molar-refractivity contribution is 7.17. The van der Waals surface area contributed by atoms with Gasteiger partial charge in [0.15, 0.2) is 5.13 Å². The molecule has 1 aromatic heterocycles. The van der Waals surface area contributed by atoms with E-state index < -0.39 is 35.3 Å². The van der Waals surface area contributed by atoms with Gasteiger partial charge in [-0.05, 0) is 55.3 Å². The number of Topliss-reactive ketones (excluding diaryl/α,β-unsaturated/α-hetero) is 1. The number of aromatic nitrogens is 1. The van der Waals surface area contributed by atoms with Gasteiger partial charge in [0.1, 0.15) is 22.2 Å². The maximum atomic E-state index is 13.7. The van der Waals surface area contributed by atoms with E-state index in [-0.39, 0.29) is 15.6 Å². The molecule has 0 saturated carbocycles. The number of aryl methyl sites for hydroxylation is 1. The number of aliphatic hydroxyl groups excluding tert-OH is 1. The van der Waals surface area contributed by atoms with E-state index in [4.69, 9.17) is 9.47 Å². The lowest BCUT2D eigenvalue weighted by molar-refractivity contribution is -0.132. The molecule has 10 heteroatoms. The Morgan fingerprint density at radius 1 is 1.14 bits per heavy atom. The topological polar surface area (TPSA) is 106 Å². The Kier molecular flexibility index (Phi) is 7.16. The largest absolute Gasteiger partial charge is 0.507 e. The third-order valence-corrected chi connectivity index (χ3v) is 6.73. The summed E-state index contributed by atoms with van der Waals surface area (Å²) < 4.78 is 24.0. The third kappa shape index (κ3) is 4.59. The van der Waals surface area contributed by atoms with E-state index in [1.165, 1.54) is 31.4 Å². The van der Waals surface area contributed by atoms with Crippen molar-refractivity contribution in [1.29, 1.82) is 0 Å². The second-order valence-electron chi connectivity index (χ2n) is 8.00. The van der Waals surface area contributed by atoms with Gasteiger partial charge in [0.05, 0.1) is 31.0 Å². The molecule has 36 heavy (non-hydrogen) atoms. The van der Waals surface area contributed by atoms with Crippen LogP contribution in [0, 0.1) is 12.7 Å². The first-order chi connectivity index (χ1) is 17.3. The van der Waals surface area contributed by atoms with Crippen molar-refractivity contribution in [2.45, 2.75) is 26.3 Å². The molecule has 1 aliphatic heterocycles. The number of aliphatic hydroxyl groups is 1. The Bertz CT molecular complexity index is 1350. The zero-order chi connectivity index (χ0) is 26.0. The van der Waals surface area contributed by atoms with E-state index in [1.54, 1.807) is 31.2 Å². The molecule has 0 aliphatic carbocycles. The summed E-state index contributed by atoms with van der Waals surface area (Å²) in [4.78, 5) is 44.2. The fourth-order valence-corrected chi connectivity index (χ4v) is 4.85. The number of esters is 1. The van der Waals surface area contributed by atoms with Crippen molar-refractivity contribution in [2.75, 3.05) is 18.6 Å². The Hall–Kier alpha value is -4.05. The van der Waals surface area contributed by atoms with Crippen LogP contribution in [0.2, 0.25) is 0 Å². The summed E-state index contributed by atoms with van der Waals surface area (Å²) in [5.41, 5.74) is 0.827. The predicted octanol–water partition coefficient (Wildman–Crippen LogP) is 4.79. The number of carbonyl (C=O) groups excluding carboxylic acids is 3. The summed E-state index contributed by atoms with van der Waals surface area (Å²) >= 11 is 0.888.